The third-order valence-electron chi connectivity index (χ3n) is 4.66. The van der Waals surface area contributed by atoms with Crippen LogP contribution in [0.15, 0.2) is 54.6 Å². The smallest absolute Gasteiger partial charge is 0.227 e. The molecule has 1 aliphatic heterocycles. The van der Waals surface area contributed by atoms with Gasteiger partial charge in [-0.2, -0.15) is 0 Å². The highest BCUT2D eigenvalue weighted by molar-refractivity contribution is 5.94. The number of anilines is 2. The van der Waals surface area contributed by atoms with Crippen molar-refractivity contribution in [3.63, 3.8) is 0 Å². The first-order chi connectivity index (χ1) is 11.7. The van der Waals surface area contributed by atoms with E-state index < -0.39 is 0 Å². The third kappa shape index (κ3) is 3.45. The summed E-state index contributed by atoms with van der Waals surface area (Å²) in [6.07, 6.45) is 3.49. The molecule has 0 saturated carbocycles. The summed E-state index contributed by atoms with van der Waals surface area (Å²) in [6, 6.07) is 18.9. The van der Waals surface area contributed by atoms with Crippen LogP contribution in [0.25, 0.3) is 0 Å². The van der Waals surface area contributed by atoms with Gasteiger partial charge in [-0.1, -0.05) is 49.7 Å². The molecular formula is C21H26N2O. The van der Waals surface area contributed by atoms with Crippen LogP contribution < -0.4 is 10.2 Å². The number of nitrogens with zero attached hydrogens (tertiary/aromatic N) is 1. The van der Waals surface area contributed by atoms with E-state index in [1.165, 1.54) is 5.56 Å². The van der Waals surface area contributed by atoms with Crippen molar-refractivity contribution in [2.75, 3.05) is 10.2 Å². The molecule has 24 heavy (non-hydrogen) atoms. The van der Waals surface area contributed by atoms with Crippen molar-refractivity contribution < 1.29 is 4.79 Å². The molecule has 2 aromatic carbocycles. The molecule has 2 aromatic rings. The van der Waals surface area contributed by atoms with Gasteiger partial charge in [-0.15, -0.1) is 0 Å². The molecule has 0 radical (unpaired) electrons. The number of para-hydroxylation sites is 2. The maximum Gasteiger partial charge on any atom is 0.227 e. The zero-order valence-corrected chi connectivity index (χ0v) is 14.5. The van der Waals surface area contributed by atoms with E-state index in [9.17, 15) is 4.79 Å². The van der Waals surface area contributed by atoms with Gasteiger partial charge in [0.1, 0.15) is 0 Å². The normalized spacial score (nSPS) is 19.2. The van der Waals surface area contributed by atoms with Gasteiger partial charge >= 0.3 is 0 Å². The fourth-order valence-electron chi connectivity index (χ4n) is 3.48. The standard InChI is InChI=1S/C21H26N2O/c1-3-4-14-21(24)23(17-10-6-5-7-11-17)20-15-16(2)22-19-13-9-8-12-18(19)20/h5-13,16,20,22H,3-4,14-15H2,1-2H3/t16-,20+/m0/s1. The molecule has 0 bridgehead atoms. The highest BCUT2D eigenvalue weighted by atomic mass is 16.2. The van der Waals surface area contributed by atoms with Crippen LogP contribution in [0.5, 0.6) is 0 Å². The van der Waals surface area contributed by atoms with Gasteiger partial charge in [0.2, 0.25) is 5.91 Å². The van der Waals surface area contributed by atoms with E-state index in [2.05, 4.69) is 37.4 Å². The number of benzene rings is 2. The van der Waals surface area contributed by atoms with E-state index in [1.54, 1.807) is 0 Å². The summed E-state index contributed by atoms with van der Waals surface area (Å²) in [5, 5.41) is 3.54. The van der Waals surface area contributed by atoms with Crippen LogP contribution in [0.4, 0.5) is 11.4 Å². The Morgan fingerprint density at radius 3 is 2.58 bits per heavy atom. The maximum absolute atomic E-state index is 13.0. The second-order valence-corrected chi connectivity index (χ2v) is 6.59. The van der Waals surface area contributed by atoms with Crippen LogP contribution in [0.3, 0.4) is 0 Å². The number of carbonyl (C=O) groups excluding carboxylic acids is 1. The molecule has 3 nitrogen and oxygen atoms in total. The van der Waals surface area contributed by atoms with Crippen LogP contribution >= 0.6 is 0 Å². The Morgan fingerprint density at radius 1 is 1.12 bits per heavy atom. The van der Waals surface area contributed by atoms with Crippen molar-refractivity contribution in [1.29, 1.82) is 0 Å². The van der Waals surface area contributed by atoms with E-state index in [1.807, 2.05) is 41.3 Å². The van der Waals surface area contributed by atoms with E-state index in [4.69, 9.17) is 0 Å². The fraction of sp³-hybridized carbons (Fsp3) is 0.381. The largest absolute Gasteiger partial charge is 0.382 e. The fourth-order valence-corrected chi connectivity index (χ4v) is 3.48. The highest BCUT2D eigenvalue weighted by Crippen LogP contribution is 2.39. The molecule has 1 N–H and O–H groups in total. The van der Waals surface area contributed by atoms with Gasteiger partial charge in [0.25, 0.3) is 0 Å². The van der Waals surface area contributed by atoms with Crippen molar-refractivity contribution in [1.82, 2.24) is 0 Å². The summed E-state index contributed by atoms with van der Waals surface area (Å²) in [5.41, 5.74) is 3.35. The Kier molecular flexibility index (Phi) is 5.19. The van der Waals surface area contributed by atoms with Gasteiger partial charge in [-0.05, 0) is 43.5 Å². The second kappa shape index (κ2) is 7.52. The number of amides is 1. The van der Waals surface area contributed by atoms with Crippen LogP contribution in [-0.2, 0) is 4.79 Å². The van der Waals surface area contributed by atoms with Gasteiger partial charge in [0.15, 0.2) is 0 Å². The van der Waals surface area contributed by atoms with E-state index in [0.717, 1.165) is 30.6 Å². The summed E-state index contributed by atoms with van der Waals surface area (Å²) >= 11 is 0. The van der Waals surface area contributed by atoms with Gasteiger partial charge in [-0.25, -0.2) is 0 Å². The minimum Gasteiger partial charge on any atom is -0.382 e. The molecule has 0 saturated heterocycles. The lowest BCUT2D eigenvalue weighted by Crippen LogP contribution is -2.40. The van der Waals surface area contributed by atoms with E-state index >= 15 is 0 Å². The van der Waals surface area contributed by atoms with Crippen LogP contribution in [0, 0.1) is 0 Å². The van der Waals surface area contributed by atoms with Crippen molar-refractivity contribution in [2.45, 2.75) is 51.6 Å². The number of hydrogen-bond acceptors (Lipinski definition) is 2. The Hall–Kier alpha value is -2.29. The van der Waals surface area contributed by atoms with Gasteiger partial charge in [0, 0.05) is 23.8 Å². The predicted molar refractivity (Wildman–Crippen MR) is 100 cm³/mol. The Bertz CT molecular complexity index is 683. The molecule has 3 rings (SSSR count). The molecule has 1 heterocycles. The molecule has 0 unspecified atom stereocenters. The minimum absolute atomic E-state index is 0.0872. The number of fused-ring (bicyclic) bond motifs is 1. The molecule has 2 atom stereocenters. The number of hydrogen-bond donors (Lipinski definition) is 1. The molecule has 1 amide bonds. The monoisotopic (exact) mass is 322 g/mol. The molecule has 0 fully saturated rings. The summed E-state index contributed by atoms with van der Waals surface area (Å²) in [5.74, 6) is 0.219. The molecule has 1 aliphatic rings. The molecule has 0 spiro atoms. The van der Waals surface area contributed by atoms with Gasteiger partial charge in [0.05, 0.1) is 6.04 Å². The lowest BCUT2D eigenvalue weighted by molar-refractivity contribution is -0.119. The average Bonchev–Trinajstić information content (AvgIpc) is 2.61. The maximum atomic E-state index is 13.0. The first-order valence-corrected chi connectivity index (χ1v) is 8.93. The third-order valence-corrected chi connectivity index (χ3v) is 4.66. The Morgan fingerprint density at radius 2 is 1.83 bits per heavy atom. The zero-order valence-electron chi connectivity index (χ0n) is 14.5. The first kappa shape index (κ1) is 16.6. The Balaban J connectivity index is 2.01. The van der Waals surface area contributed by atoms with E-state index in [-0.39, 0.29) is 11.9 Å². The van der Waals surface area contributed by atoms with E-state index in [0.29, 0.717) is 12.5 Å². The van der Waals surface area contributed by atoms with Crippen molar-refractivity contribution >= 4 is 17.3 Å². The first-order valence-electron chi connectivity index (χ1n) is 8.93. The van der Waals surface area contributed by atoms with Crippen LogP contribution in [0.2, 0.25) is 0 Å². The number of nitrogens with one attached hydrogen (secondary N) is 1. The summed E-state index contributed by atoms with van der Waals surface area (Å²) in [6.45, 7) is 4.31. The van der Waals surface area contributed by atoms with Crippen molar-refractivity contribution in [2.24, 2.45) is 0 Å². The molecule has 0 aromatic heterocycles. The quantitative estimate of drug-likeness (QED) is 0.825. The molecule has 3 heteroatoms. The molecule has 126 valence electrons. The molecular weight excluding hydrogens is 296 g/mol. The number of unbranched alkanes of at least 4 members (excludes halogenated alkanes) is 1. The van der Waals surface area contributed by atoms with Crippen molar-refractivity contribution in [3.05, 3.63) is 60.2 Å². The summed E-state index contributed by atoms with van der Waals surface area (Å²) in [7, 11) is 0. The summed E-state index contributed by atoms with van der Waals surface area (Å²) < 4.78 is 0. The lowest BCUT2D eigenvalue weighted by Gasteiger charge is -2.39. The zero-order chi connectivity index (χ0) is 16.9. The van der Waals surface area contributed by atoms with Crippen LogP contribution in [-0.4, -0.2) is 11.9 Å². The predicted octanol–water partition coefficient (Wildman–Crippen LogP) is 5.16. The highest BCUT2D eigenvalue weighted by Gasteiger charge is 2.32. The number of carbonyl (C=O) groups is 1. The number of rotatable bonds is 5. The average molecular weight is 322 g/mol. The molecule has 0 aliphatic carbocycles. The topological polar surface area (TPSA) is 32.3 Å². The lowest BCUT2D eigenvalue weighted by atomic mass is 9.91. The second-order valence-electron chi connectivity index (χ2n) is 6.59. The van der Waals surface area contributed by atoms with Gasteiger partial charge < -0.3 is 10.2 Å². The SMILES string of the molecule is CCCCC(=O)N(c1ccccc1)[C@@H]1C[C@H](C)Nc2ccccc21. The summed E-state index contributed by atoms with van der Waals surface area (Å²) in [4.78, 5) is 15.0. The Labute approximate surface area is 144 Å². The minimum atomic E-state index is 0.0872. The van der Waals surface area contributed by atoms with Crippen molar-refractivity contribution in [3.8, 4) is 0 Å². The van der Waals surface area contributed by atoms with Crippen LogP contribution in [0.1, 0.15) is 51.1 Å². The van der Waals surface area contributed by atoms with Gasteiger partial charge in [-0.3, -0.25) is 4.79 Å².